The Morgan fingerprint density at radius 2 is 1.95 bits per heavy atom. The minimum atomic E-state index is -4.63. The number of aliphatic carboxylic acids is 1. The standard InChI is InChI=1S/C28H26ClF3N2O3/c1-37-25-16-19(22(29)15-20(25)17-34-14-6-5-9-24(34)27(35)36)10-11-23-26(28(30,31)32)21(12-13-33-23)18-7-3-2-4-8-18/h2-4,7-8,10-13,15-16,24H,5-6,9,14,17H2,1H3,(H,35,36)/b11-10+/t24-/m0/s1. The number of carboxylic acid groups (broad SMARTS) is 1. The number of carbonyl (C=O) groups is 1. The van der Waals surface area contributed by atoms with E-state index in [2.05, 4.69) is 4.98 Å². The number of likely N-dealkylation sites (tertiary alicyclic amines) is 1. The topological polar surface area (TPSA) is 62.7 Å². The minimum absolute atomic E-state index is 0.0382. The summed E-state index contributed by atoms with van der Waals surface area (Å²) in [6.07, 6.45) is 1.82. The summed E-state index contributed by atoms with van der Waals surface area (Å²) >= 11 is 6.51. The fourth-order valence-electron chi connectivity index (χ4n) is 4.66. The number of pyridine rings is 1. The highest BCUT2D eigenvalue weighted by atomic mass is 35.5. The van der Waals surface area contributed by atoms with Crippen molar-refractivity contribution in [3.63, 3.8) is 0 Å². The summed E-state index contributed by atoms with van der Waals surface area (Å²) in [6, 6.07) is 12.4. The minimum Gasteiger partial charge on any atom is -0.496 e. The van der Waals surface area contributed by atoms with Gasteiger partial charge in [0.1, 0.15) is 11.8 Å². The normalized spacial score (nSPS) is 16.7. The Kier molecular flexibility index (Phi) is 8.19. The molecule has 0 bridgehead atoms. The van der Waals surface area contributed by atoms with Crippen LogP contribution in [-0.4, -0.2) is 40.7 Å². The van der Waals surface area contributed by atoms with Crippen molar-refractivity contribution in [2.45, 2.75) is 38.0 Å². The van der Waals surface area contributed by atoms with Crippen LogP contribution in [0.2, 0.25) is 5.02 Å². The number of rotatable bonds is 7. The molecule has 0 spiro atoms. The molecule has 37 heavy (non-hydrogen) atoms. The molecule has 4 rings (SSSR count). The van der Waals surface area contributed by atoms with Crippen LogP contribution >= 0.6 is 11.6 Å². The van der Waals surface area contributed by atoms with Gasteiger partial charge in [-0.05, 0) is 60.4 Å². The number of hydrogen-bond donors (Lipinski definition) is 1. The van der Waals surface area contributed by atoms with E-state index in [9.17, 15) is 23.1 Å². The van der Waals surface area contributed by atoms with Gasteiger partial charge in [-0.1, -0.05) is 54.4 Å². The van der Waals surface area contributed by atoms with Crippen molar-refractivity contribution >= 4 is 29.7 Å². The van der Waals surface area contributed by atoms with Gasteiger partial charge in [-0.3, -0.25) is 14.7 Å². The average Bonchev–Trinajstić information content (AvgIpc) is 2.88. The lowest BCUT2D eigenvalue weighted by molar-refractivity contribution is -0.145. The smallest absolute Gasteiger partial charge is 0.419 e. The highest BCUT2D eigenvalue weighted by Crippen LogP contribution is 2.39. The maximum atomic E-state index is 14.1. The van der Waals surface area contributed by atoms with E-state index in [1.807, 2.05) is 4.90 Å². The number of halogens is 4. The number of nitrogens with zero attached hydrogens (tertiary/aromatic N) is 2. The largest absolute Gasteiger partial charge is 0.496 e. The Morgan fingerprint density at radius 1 is 1.19 bits per heavy atom. The van der Waals surface area contributed by atoms with Crippen molar-refractivity contribution in [2.24, 2.45) is 0 Å². The summed E-state index contributed by atoms with van der Waals surface area (Å²) in [7, 11) is 1.48. The monoisotopic (exact) mass is 530 g/mol. The van der Waals surface area contributed by atoms with Crippen molar-refractivity contribution in [3.8, 4) is 16.9 Å². The molecule has 0 saturated carbocycles. The van der Waals surface area contributed by atoms with Gasteiger partial charge in [0.2, 0.25) is 0 Å². The van der Waals surface area contributed by atoms with Crippen LogP contribution in [0.5, 0.6) is 5.75 Å². The number of hydrogen-bond acceptors (Lipinski definition) is 4. The molecule has 1 N–H and O–H groups in total. The second kappa shape index (κ2) is 11.4. The number of aromatic nitrogens is 1. The molecule has 2 aromatic carbocycles. The third-order valence-corrected chi connectivity index (χ3v) is 6.77. The van der Waals surface area contributed by atoms with Crippen LogP contribution < -0.4 is 4.74 Å². The third kappa shape index (κ3) is 6.14. The molecule has 1 saturated heterocycles. The first-order valence-electron chi connectivity index (χ1n) is 11.8. The molecule has 5 nitrogen and oxygen atoms in total. The van der Waals surface area contributed by atoms with Crippen LogP contribution in [0.25, 0.3) is 23.3 Å². The maximum absolute atomic E-state index is 14.1. The van der Waals surface area contributed by atoms with Gasteiger partial charge in [0.25, 0.3) is 0 Å². The predicted molar refractivity (Wildman–Crippen MR) is 137 cm³/mol. The van der Waals surface area contributed by atoms with Crippen molar-refractivity contribution in [1.29, 1.82) is 0 Å². The molecule has 0 radical (unpaired) electrons. The molecule has 1 aliphatic heterocycles. The Bertz CT molecular complexity index is 1300. The Morgan fingerprint density at radius 3 is 2.62 bits per heavy atom. The molecular weight excluding hydrogens is 505 g/mol. The van der Waals surface area contributed by atoms with Crippen LogP contribution in [0, 0.1) is 0 Å². The van der Waals surface area contributed by atoms with Crippen molar-refractivity contribution < 1.29 is 27.8 Å². The summed E-state index contributed by atoms with van der Waals surface area (Å²) in [5.74, 6) is -0.393. The zero-order valence-electron chi connectivity index (χ0n) is 20.1. The van der Waals surface area contributed by atoms with Crippen molar-refractivity contribution in [1.82, 2.24) is 9.88 Å². The van der Waals surface area contributed by atoms with Gasteiger partial charge in [0.15, 0.2) is 0 Å². The molecule has 0 amide bonds. The van der Waals surface area contributed by atoms with E-state index in [0.717, 1.165) is 12.8 Å². The molecular formula is C28H26ClF3N2O3. The van der Waals surface area contributed by atoms with Crippen molar-refractivity contribution in [3.05, 3.63) is 82.1 Å². The second-order valence-electron chi connectivity index (χ2n) is 8.82. The van der Waals surface area contributed by atoms with E-state index < -0.39 is 23.8 Å². The van der Waals surface area contributed by atoms with E-state index >= 15 is 0 Å². The zero-order chi connectivity index (χ0) is 26.6. The molecule has 0 aliphatic carbocycles. The Balaban J connectivity index is 1.68. The van der Waals surface area contributed by atoms with Gasteiger partial charge < -0.3 is 9.84 Å². The van der Waals surface area contributed by atoms with Gasteiger partial charge in [-0.15, -0.1) is 0 Å². The third-order valence-electron chi connectivity index (χ3n) is 6.44. The molecule has 2 heterocycles. The lowest BCUT2D eigenvalue weighted by Gasteiger charge is -2.33. The highest BCUT2D eigenvalue weighted by molar-refractivity contribution is 6.32. The molecule has 1 aromatic heterocycles. The maximum Gasteiger partial charge on any atom is 0.419 e. The van der Waals surface area contributed by atoms with Crippen LogP contribution in [0.15, 0.2) is 54.7 Å². The van der Waals surface area contributed by atoms with Gasteiger partial charge in [0.05, 0.1) is 18.4 Å². The first kappa shape index (κ1) is 26.7. The molecule has 9 heteroatoms. The fraction of sp³-hybridized carbons (Fsp3) is 0.286. The zero-order valence-corrected chi connectivity index (χ0v) is 20.9. The number of methoxy groups -OCH3 is 1. The van der Waals surface area contributed by atoms with Crippen LogP contribution in [0.1, 0.15) is 41.6 Å². The lowest BCUT2D eigenvalue weighted by atomic mass is 9.98. The average molecular weight is 531 g/mol. The number of ether oxygens (including phenoxy) is 1. The Hall–Kier alpha value is -3.36. The van der Waals surface area contributed by atoms with Gasteiger partial charge in [-0.2, -0.15) is 13.2 Å². The summed E-state index contributed by atoms with van der Waals surface area (Å²) in [5, 5.41) is 9.88. The number of benzene rings is 2. The van der Waals surface area contributed by atoms with E-state index in [0.29, 0.717) is 47.0 Å². The quantitative estimate of drug-likeness (QED) is 0.355. The lowest BCUT2D eigenvalue weighted by Crippen LogP contribution is -2.44. The molecule has 1 atom stereocenters. The number of carboxylic acids is 1. The van der Waals surface area contributed by atoms with E-state index in [4.69, 9.17) is 16.3 Å². The van der Waals surface area contributed by atoms with Crippen LogP contribution in [-0.2, 0) is 17.5 Å². The summed E-state index contributed by atoms with van der Waals surface area (Å²) in [4.78, 5) is 17.5. The van der Waals surface area contributed by atoms with Gasteiger partial charge in [0, 0.05) is 23.3 Å². The molecule has 0 unspecified atom stereocenters. The van der Waals surface area contributed by atoms with E-state index in [-0.39, 0.29) is 11.3 Å². The number of alkyl halides is 3. The summed E-state index contributed by atoms with van der Waals surface area (Å²) in [5.41, 5.74) is 0.575. The summed E-state index contributed by atoms with van der Waals surface area (Å²) < 4.78 is 47.9. The summed E-state index contributed by atoms with van der Waals surface area (Å²) in [6.45, 7) is 0.978. The van der Waals surface area contributed by atoms with Gasteiger partial charge >= 0.3 is 12.1 Å². The Labute approximate surface area is 218 Å². The van der Waals surface area contributed by atoms with Crippen LogP contribution in [0.4, 0.5) is 13.2 Å². The SMILES string of the molecule is COc1cc(/C=C/c2nccc(-c3ccccc3)c2C(F)(F)F)c(Cl)cc1CN1CCCC[C@H]1C(=O)O. The molecule has 194 valence electrons. The molecule has 1 aliphatic rings. The molecule has 1 fully saturated rings. The number of piperidine rings is 1. The molecule has 3 aromatic rings. The van der Waals surface area contributed by atoms with Gasteiger partial charge in [-0.25, -0.2) is 0 Å². The predicted octanol–water partition coefficient (Wildman–Crippen LogP) is 7.04. The second-order valence-corrected chi connectivity index (χ2v) is 9.23. The van der Waals surface area contributed by atoms with E-state index in [1.54, 1.807) is 42.5 Å². The highest BCUT2D eigenvalue weighted by Gasteiger charge is 2.36. The van der Waals surface area contributed by atoms with E-state index in [1.165, 1.54) is 31.5 Å². The fourth-order valence-corrected chi connectivity index (χ4v) is 4.91. The van der Waals surface area contributed by atoms with Crippen LogP contribution in [0.3, 0.4) is 0 Å². The first-order chi connectivity index (χ1) is 17.7. The van der Waals surface area contributed by atoms with Crippen molar-refractivity contribution in [2.75, 3.05) is 13.7 Å². The first-order valence-corrected chi connectivity index (χ1v) is 12.2.